The van der Waals surface area contributed by atoms with E-state index in [9.17, 15) is 31.9 Å². The molecule has 4 rings (SSSR count). The molecule has 1 aliphatic heterocycles. The summed E-state index contributed by atoms with van der Waals surface area (Å²) < 4.78 is 52.7. The lowest BCUT2D eigenvalue weighted by Crippen LogP contribution is -2.59. The van der Waals surface area contributed by atoms with Crippen LogP contribution in [0, 0.1) is 17.7 Å². The molecule has 32 heavy (non-hydrogen) atoms. The zero-order valence-corrected chi connectivity index (χ0v) is 16.4. The maximum absolute atomic E-state index is 14.0. The Hall–Kier alpha value is -3.69. The summed E-state index contributed by atoms with van der Waals surface area (Å²) >= 11 is 0. The molecule has 2 aliphatic rings. The first-order valence-electron chi connectivity index (χ1n) is 9.73. The summed E-state index contributed by atoms with van der Waals surface area (Å²) in [5.41, 5.74) is 0.951. The van der Waals surface area contributed by atoms with Crippen LogP contribution in [0.5, 0.6) is 0 Å². The number of amides is 3. The summed E-state index contributed by atoms with van der Waals surface area (Å²) in [6.45, 7) is 0. The topological polar surface area (TPSA) is 78.5 Å². The molecule has 1 saturated heterocycles. The number of halogens is 4. The van der Waals surface area contributed by atoms with Gasteiger partial charge in [-0.1, -0.05) is 18.2 Å². The fraction of sp³-hybridized carbons (Fsp3) is 0.227. The van der Waals surface area contributed by atoms with E-state index in [0.717, 1.165) is 5.01 Å². The van der Waals surface area contributed by atoms with E-state index < -0.39 is 41.0 Å². The van der Waals surface area contributed by atoms with Crippen molar-refractivity contribution in [3.8, 4) is 0 Å². The van der Waals surface area contributed by atoms with Crippen molar-refractivity contribution in [2.75, 3.05) is 10.3 Å². The number of alkyl halides is 3. The first kappa shape index (κ1) is 21.5. The number of rotatable bonds is 3. The number of allylic oxidation sites excluding steroid dienone is 2. The smallest absolute Gasteiger partial charge is 0.319 e. The molecule has 0 saturated carbocycles. The van der Waals surface area contributed by atoms with Crippen molar-refractivity contribution < 1.29 is 31.9 Å². The maximum Gasteiger partial charge on any atom is 0.416 e. The van der Waals surface area contributed by atoms with Crippen molar-refractivity contribution in [3.63, 3.8) is 0 Å². The van der Waals surface area contributed by atoms with Gasteiger partial charge in [0.05, 0.1) is 28.8 Å². The molecule has 0 spiro atoms. The van der Waals surface area contributed by atoms with Crippen LogP contribution in [0.4, 0.5) is 28.9 Å². The van der Waals surface area contributed by atoms with Gasteiger partial charge in [-0.3, -0.25) is 19.8 Å². The minimum Gasteiger partial charge on any atom is -0.319 e. The van der Waals surface area contributed by atoms with Crippen LogP contribution in [0.25, 0.3) is 0 Å². The summed E-state index contributed by atoms with van der Waals surface area (Å²) in [4.78, 5) is 37.9. The van der Waals surface area contributed by atoms with Gasteiger partial charge in [0.1, 0.15) is 5.82 Å². The highest BCUT2D eigenvalue weighted by Crippen LogP contribution is 2.33. The van der Waals surface area contributed by atoms with E-state index in [4.69, 9.17) is 0 Å². The summed E-state index contributed by atoms with van der Waals surface area (Å²) in [6, 6.07) is 7.28. The number of hydrogen-bond acceptors (Lipinski definition) is 3. The molecule has 2 atom stereocenters. The Bertz CT molecular complexity index is 1130. The van der Waals surface area contributed by atoms with Crippen molar-refractivity contribution >= 4 is 29.1 Å². The molecule has 2 aromatic rings. The third kappa shape index (κ3) is 4.08. The number of carbonyl (C=O) groups excluding carboxylic acids is 3. The lowest BCUT2D eigenvalue weighted by Gasteiger charge is -2.38. The summed E-state index contributed by atoms with van der Waals surface area (Å²) in [7, 11) is 0. The summed E-state index contributed by atoms with van der Waals surface area (Å²) in [6.07, 6.45) is -0.138. The number of hydrazine groups is 1. The van der Waals surface area contributed by atoms with Crippen LogP contribution < -0.4 is 15.8 Å². The predicted octanol–water partition coefficient (Wildman–Crippen LogP) is 4.06. The minimum atomic E-state index is -4.70. The predicted molar refractivity (Wildman–Crippen MR) is 107 cm³/mol. The van der Waals surface area contributed by atoms with Crippen LogP contribution in [-0.2, 0) is 15.8 Å². The number of benzene rings is 2. The molecule has 3 amide bonds. The molecule has 1 fully saturated rings. The lowest BCUT2D eigenvalue weighted by molar-refractivity contribution is -0.140. The number of hydrogen-bond donors (Lipinski definition) is 2. The van der Waals surface area contributed by atoms with Gasteiger partial charge < -0.3 is 5.32 Å². The fourth-order valence-electron chi connectivity index (χ4n) is 3.76. The molecular formula is C22H17F4N3O3. The standard InChI is InChI=1S/C22H17F4N3O3/c23-17-9-8-13(22(24,25)26)11-18(17)27-19(30)12-4-3-5-14(10-12)29-21(32)16-7-2-1-6-15(16)20(31)28-29/h1-5,8-11,15-16H,6-7H2,(H,27,30)(H,28,31)/t15-,16-/m1/s1. The Labute approximate surface area is 179 Å². The van der Waals surface area contributed by atoms with Crippen LogP contribution in [0.3, 0.4) is 0 Å². The third-order valence-electron chi connectivity index (χ3n) is 5.44. The Kier molecular flexibility index (Phi) is 5.45. The first-order valence-corrected chi connectivity index (χ1v) is 9.73. The van der Waals surface area contributed by atoms with Crippen LogP contribution in [-0.4, -0.2) is 17.7 Å². The van der Waals surface area contributed by atoms with Gasteiger partial charge in [0.2, 0.25) is 11.8 Å². The molecule has 0 radical (unpaired) electrons. The molecule has 2 N–H and O–H groups in total. The lowest BCUT2D eigenvalue weighted by atomic mass is 9.80. The zero-order chi connectivity index (χ0) is 23.0. The van der Waals surface area contributed by atoms with Gasteiger partial charge in [0.25, 0.3) is 5.91 Å². The number of nitrogens with zero attached hydrogens (tertiary/aromatic N) is 1. The Morgan fingerprint density at radius 1 is 1.03 bits per heavy atom. The molecule has 2 aromatic carbocycles. The quantitative estimate of drug-likeness (QED) is 0.550. The van der Waals surface area contributed by atoms with Crippen LogP contribution in [0.15, 0.2) is 54.6 Å². The second-order valence-electron chi connectivity index (χ2n) is 7.50. The van der Waals surface area contributed by atoms with E-state index in [0.29, 0.717) is 31.0 Å². The molecule has 6 nitrogen and oxygen atoms in total. The monoisotopic (exact) mass is 447 g/mol. The van der Waals surface area contributed by atoms with E-state index in [2.05, 4.69) is 10.7 Å². The summed E-state index contributed by atoms with van der Waals surface area (Å²) in [5.74, 6) is -3.54. The molecule has 1 aliphatic carbocycles. The first-order chi connectivity index (χ1) is 15.1. The van der Waals surface area contributed by atoms with Gasteiger partial charge in [-0.05, 0) is 49.2 Å². The molecule has 0 aromatic heterocycles. The van der Waals surface area contributed by atoms with Gasteiger partial charge in [-0.2, -0.15) is 13.2 Å². The van der Waals surface area contributed by atoms with Crippen LogP contribution in [0.1, 0.15) is 28.8 Å². The minimum absolute atomic E-state index is 0.0352. The van der Waals surface area contributed by atoms with Crippen molar-refractivity contribution in [2.45, 2.75) is 19.0 Å². The maximum atomic E-state index is 14.0. The van der Waals surface area contributed by atoms with Crippen molar-refractivity contribution in [1.82, 2.24) is 5.43 Å². The van der Waals surface area contributed by atoms with Gasteiger partial charge in [-0.15, -0.1) is 0 Å². The summed E-state index contributed by atoms with van der Waals surface area (Å²) in [5, 5.41) is 3.18. The van der Waals surface area contributed by atoms with E-state index in [-0.39, 0.29) is 23.1 Å². The Morgan fingerprint density at radius 3 is 2.47 bits per heavy atom. The number of nitrogens with one attached hydrogen (secondary N) is 2. The molecule has 166 valence electrons. The highest BCUT2D eigenvalue weighted by Gasteiger charge is 2.42. The van der Waals surface area contributed by atoms with Crippen molar-refractivity contribution in [3.05, 3.63) is 71.6 Å². The van der Waals surface area contributed by atoms with Gasteiger partial charge >= 0.3 is 6.18 Å². The molecule has 10 heteroatoms. The number of carbonyl (C=O) groups is 3. The number of anilines is 2. The molecule has 0 unspecified atom stereocenters. The van der Waals surface area contributed by atoms with E-state index in [1.165, 1.54) is 24.3 Å². The van der Waals surface area contributed by atoms with Crippen LogP contribution >= 0.6 is 0 Å². The highest BCUT2D eigenvalue weighted by molar-refractivity contribution is 6.07. The van der Waals surface area contributed by atoms with Gasteiger partial charge in [0.15, 0.2) is 0 Å². The highest BCUT2D eigenvalue weighted by atomic mass is 19.4. The zero-order valence-electron chi connectivity index (χ0n) is 16.4. The molecule has 0 bridgehead atoms. The Balaban J connectivity index is 1.57. The van der Waals surface area contributed by atoms with Gasteiger partial charge in [0, 0.05) is 5.56 Å². The second kappa shape index (κ2) is 8.10. The average molecular weight is 447 g/mol. The van der Waals surface area contributed by atoms with E-state index in [1.54, 1.807) is 0 Å². The third-order valence-corrected chi connectivity index (χ3v) is 5.44. The van der Waals surface area contributed by atoms with Gasteiger partial charge in [-0.25, -0.2) is 9.40 Å². The fourth-order valence-corrected chi connectivity index (χ4v) is 3.76. The van der Waals surface area contributed by atoms with E-state index >= 15 is 0 Å². The number of fused-ring (bicyclic) bond motifs is 1. The molecular weight excluding hydrogens is 430 g/mol. The van der Waals surface area contributed by atoms with Crippen LogP contribution in [0.2, 0.25) is 0 Å². The van der Waals surface area contributed by atoms with Crippen molar-refractivity contribution in [1.29, 1.82) is 0 Å². The molecule has 1 heterocycles. The largest absolute Gasteiger partial charge is 0.416 e. The SMILES string of the molecule is O=C(Nc1cc(C(F)(F)F)ccc1F)c1cccc(N2NC(=O)[C@@H]3CC=CC[C@H]3C2=O)c1. The van der Waals surface area contributed by atoms with Crippen molar-refractivity contribution in [2.24, 2.45) is 11.8 Å². The Morgan fingerprint density at radius 2 is 1.75 bits per heavy atom. The average Bonchev–Trinajstić information content (AvgIpc) is 2.77. The normalized spacial score (nSPS) is 20.6. The second-order valence-corrected chi connectivity index (χ2v) is 7.50. The van der Waals surface area contributed by atoms with E-state index in [1.807, 2.05) is 12.2 Å².